The Morgan fingerprint density at radius 1 is 1.30 bits per heavy atom. The van der Waals surface area contributed by atoms with Gasteiger partial charge in [-0.3, -0.25) is 4.79 Å². The van der Waals surface area contributed by atoms with Crippen LogP contribution in [-0.4, -0.2) is 5.91 Å². The van der Waals surface area contributed by atoms with Crippen molar-refractivity contribution >= 4 is 34.5 Å². The molecule has 0 spiro atoms. The molecule has 1 heterocycles. The van der Waals surface area contributed by atoms with Gasteiger partial charge in [0.1, 0.15) is 0 Å². The minimum absolute atomic E-state index is 0.0815. The molecule has 2 rings (SSSR count). The number of hydrogen-bond donors (Lipinski definition) is 2. The standard InChI is InChI=1S/C15H17ClN2OS/c1-8-6-9(2)12(17)7-11(8)15(19)18-10(3)13-4-5-14(16)20-13/h4-7,10H,17H2,1-3H3,(H,18,19). The number of nitrogens with one attached hydrogen (secondary N) is 1. The molecule has 1 aromatic heterocycles. The Bertz CT molecular complexity index is 651. The first-order valence-corrected chi connectivity index (χ1v) is 7.50. The van der Waals surface area contributed by atoms with Gasteiger partial charge in [0.25, 0.3) is 5.91 Å². The summed E-state index contributed by atoms with van der Waals surface area (Å²) >= 11 is 7.38. The highest BCUT2D eigenvalue weighted by molar-refractivity contribution is 7.16. The molecule has 1 amide bonds. The van der Waals surface area contributed by atoms with Crippen LogP contribution in [0.1, 0.15) is 39.3 Å². The number of hydrogen-bond acceptors (Lipinski definition) is 3. The van der Waals surface area contributed by atoms with E-state index in [1.165, 1.54) is 11.3 Å². The summed E-state index contributed by atoms with van der Waals surface area (Å²) in [5.41, 5.74) is 9.03. The number of carbonyl (C=O) groups is 1. The highest BCUT2D eigenvalue weighted by Crippen LogP contribution is 2.27. The fraction of sp³-hybridized carbons (Fsp3) is 0.267. The van der Waals surface area contributed by atoms with E-state index in [1.807, 2.05) is 39.0 Å². The van der Waals surface area contributed by atoms with Crippen LogP contribution in [0, 0.1) is 13.8 Å². The van der Waals surface area contributed by atoms with E-state index >= 15 is 0 Å². The number of nitrogens with two attached hydrogens (primary N) is 1. The van der Waals surface area contributed by atoms with Crippen LogP contribution in [0.2, 0.25) is 4.34 Å². The molecule has 0 aliphatic heterocycles. The Balaban J connectivity index is 2.18. The van der Waals surface area contributed by atoms with Crippen LogP contribution in [0.4, 0.5) is 5.69 Å². The molecular weight excluding hydrogens is 292 g/mol. The number of anilines is 1. The fourth-order valence-corrected chi connectivity index (χ4v) is 3.08. The van der Waals surface area contributed by atoms with Crippen LogP contribution in [0.5, 0.6) is 0 Å². The van der Waals surface area contributed by atoms with Crippen molar-refractivity contribution in [3.8, 4) is 0 Å². The van der Waals surface area contributed by atoms with Crippen molar-refractivity contribution in [1.29, 1.82) is 0 Å². The molecule has 0 bridgehead atoms. The van der Waals surface area contributed by atoms with Crippen LogP contribution >= 0.6 is 22.9 Å². The summed E-state index contributed by atoms with van der Waals surface area (Å²) in [5, 5.41) is 2.97. The second-order valence-corrected chi connectivity index (χ2v) is 6.61. The summed E-state index contributed by atoms with van der Waals surface area (Å²) in [6, 6.07) is 7.33. The zero-order valence-corrected chi connectivity index (χ0v) is 13.2. The van der Waals surface area contributed by atoms with Crippen molar-refractivity contribution in [2.75, 3.05) is 5.73 Å². The van der Waals surface area contributed by atoms with Crippen LogP contribution in [-0.2, 0) is 0 Å². The third-order valence-corrected chi connectivity index (χ3v) is 4.64. The molecule has 5 heteroatoms. The predicted molar refractivity (Wildman–Crippen MR) is 85.5 cm³/mol. The lowest BCUT2D eigenvalue weighted by atomic mass is 10.0. The molecule has 106 valence electrons. The molecule has 3 nitrogen and oxygen atoms in total. The number of nitrogen functional groups attached to an aromatic ring is 1. The number of amides is 1. The van der Waals surface area contributed by atoms with Gasteiger partial charge in [-0.25, -0.2) is 0 Å². The van der Waals surface area contributed by atoms with Crippen LogP contribution < -0.4 is 11.1 Å². The monoisotopic (exact) mass is 308 g/mol. The number of aryl methyl sites for hydroxylation is 2. The summed E-state index contributed by atoms with van der Waals surface area (Å²) in [6.45, 7) is 5.78. The fourth-order valence-electron chi connectivity index (χ4n) is 2.02. The van der Waals surface area contributed by atoms with Gasteiger partial charge in [-0.1, -0.05) is 17.7 Å². The van der Waals surface area contributed by atoms with Crippen molar-refractivity contribution in [2.45, 2.75) is 26.8 Å². The zero-order valence-electron chi connectivity index (χ0n) is 11.7. The van der Waals surface area contributed by atoms with Gasteiger partial charge in [0, 0.05) is 16.1 Å². The largest absolute Gasteiger partial charge is 0.398 e. The zero-order chi connectivity index (χ0) is 14.9. The van der Waals surface area contributed by atoms with Gasteiger partial charge < -0.3 is 11.1 Å². The van der Waals surface area contributed by atoms with E-state index in [2.05, 4.69) is 5.32 Å². The highest BCUT2D eigenvalue weighted by Gasteiger charge is 2.15. The van der Waals surface area contributed by atoms with Gasteiger partial charge in [0.05, 0.1) is 10.4 Å². The van der Waals surface area contributed by atoms with Gasteiger partial charge >= 0.3 is 0 Å². The third kappa shape index (κ3) is 3.14. The number of carbonyl (C=O) groups excluding carboxylic acids is 1. The molecule has 0 saturated carbocycles. The lowest BCUT2D eigenvalue weighted by molar-refractivity contribution is 0.0940. The summed E-state index contributed by atoms with van der Waals surface area (Å²) in [7, 11) is 0. The van der Waals surface area contributed by atoms with Gasteiger partial charge in [-0.05, 0) is 50.1 Å². The maximum absolute atomic E-state index is 12.3. The first-order chi connectivity index (χ1) is 9.38. The second-order valence-electron chi connectivity index (χ2n) is 4.86. The van der Waals surface area contributed by atoms with Crippen LogP contribution in [0.15, 0.2) is 24.3 Å². The number of thiophene rings is 1. The Hall–Kier alpha value is -1.52. The quantitative estimate of drug-likeness (QED) is 0.839. The van der Waals surface area contributed by atoms with Gasteiger partial charge in [-0.15, -0.1) is 11.3 Å². The maximum atomic E-state index is 12.3. The van der Waals surface area contributed by atoms with E-state index in [0.717, 1.165) is 20.3 Å². The molecule has 2 aromatic rings. The second kappa shape index (κ2) is 5.85. The van der Waals surface area contributed by atoms with Gasteiger partial charge in [-0.2, -0.15) is 0 Å². The van der Waals surface area contributed by atoms with Gasteiger partial charge in [0.15, 0.2) is 0 Å². The van der Waals surface area contributed by atoms with E-state index in [4.69, 9.17) is 17.3 Å². The SMILES string of the molecule is Cc1cc(C)c(C(=O)NC(C)c2ccc(Cl)s2)cc1N. The molecule has 0 saturated heterocycles. The van der Waals surface area contributed by atoms with Crippen molar-refractivity contribution in [3.05, 3.63) is 50.2 Å². The smallest absolute Gasteiger partial charge is 0.252 e. The topological polar surface area (TPSA) is 55.1 Å². The molecule has 1 unspecified atom stereocenters. The maximum Gasteiger partial charge on any atom is 0.252 e. The molecule has 20 heavy (non-hydrogen) atoms. The molecule has 0 radical (unpaired) electrons. The molecule has 0 fully saturated rings. The van der Waals surface area contributed by atoms with Crippen molar-refractivity contribution in [1.82, 2.24) is 5.32 Å². The lowest BCUT2D eigenvalue weighted by Gasteiger charge is -2.14. The average molecular weight is 309 g/mol. The third-order valence-electron chi connectivity index (χ3n) is 3.23. The number of benzene rings is 1. The van der Waals surface area contributed by atoms with E-state index in [0.29, 0.717) is 11.3 Å². The molecule has 0 aliphatic rings. The van der Waals surface area contributed by atoms with Crippen molar-refractivity contribution < 1.29 is 4.79 Å². The number of rotatable bonds is 3. The predicted octanol–water partition coefficient (Wildman–Crippen LogP) is 4.09. The van der Waals surface area contributed by atoms with E-state index in [9.17, 15) is 4.79 Å². The van der Waals surface area contributed by atoms with E-state index in [1.54, 1.807) is 6.07 Å². The van der Waals surface area contributed by atoms with E-state index < -0.39 is 0 Å². The van der Waals surface area contributed by atoms with Gasteiger partial charge in [0.2, 0.25) is 0 Å². The minimum atomic E-state index is -0.119. The molecule has 0 aliphatic carbocycles. The van der Waals surface area contributed by atoms with Crippen LogP contribution in [0.25, 0.3) is 0 Å². The molecule has 3 N–H and O–H groups in total. The summed E-state index contributed by atoms with van der Waals surface area (Å²) < 4.78 is 0.719. The summed E-state index contributed by atoms with van der Waals surface area (Å²) in [4.78, 5) is 13.4. The van der Waals surface area contributed by atoms with E-state index in [-0.39, 0.29) is 11.9 Å². The Morgan fingerprint density at radius 3 is 2.60 bits per heavy atom. The van der Waals surface area contributed by atoms with Crippen LogP contribution in [0.3, 0.4) is 0 Å². The first kappa shape index (κ1) is 14.9. The lowest BCUT2D eigenvalue weighted by Crippen LogP contribution is -2.27. The average Bonchev–Trinajstić information content (AvgIpc) is 2.80. The first-order valence-electron chi connectivity index (χ1n) is 6.31. The normalized spacial score (nSPS) is 12.2. The summed E-state index contributed by atoms with van der Waals surface area (Å²) in [6.07, 6.45) is 0. The Kier molecular flexibility index (Phi) is 4.35. The highest BCUT2D eigenvalue weighted by atomic mass is 35.5. The molecule has 1 atom stereocenters. The Morgan fingerprint density at radius 2 is 2.00 bits per heavy atom. The summed E-state index contributed by atoms with van der Waals surface area (Å²) in [5.74, 6) is -0.119. The number of halogens is 1. The minimum Gasteiger partial charge on any atom is -0.398 e. The Labute approximate surface area is 127 Å². The molecular formula is C15H17ClN2OS. The van der Waals surface area contributed by atoms with Crippen molar-refractivity contribution in [3.63, 3.8) is 0 Å². The van der Waals surface area contributed by atoms with Crippen molar-refractivity contribution in [2.24, 2.45) is 0 Å². The molecule has 1 aromatic carbocycles.